The summed E-state index contributed by atoms with van der Waals surface area (Å²) >= 11 is 5.79. The van der Waals surface area contributed by atoms with E-state index in [0.29, 0.717) is 10.7 Å². The van der Waals surface area contributed by atoms with Gasteiger partial charge in [-0.3, -0.25) is 15.6 Å². The summed E-state index contributed by atoms with van der Waals surface area (Å²) in [5.74, 6) is -0.448. The average Bonchev–Trinajstić information content (AvgIpc) is 3.50. The number of halogens is 1. The van der Waals surface area contributed by atoms with Gasteiger partial charge in [-0.25, -0.2) is 26.3 Å². The zero-order valence-corrected chi connectivity index (χ0v) is 18.1. The summed E-state index contributed by atoms with van der Waals surface area (Å²) in [6.45, 7) is -0.105. The summed E-state index contributed by atoms with van der Waals surface area (Å²) in [4.78, 5) is 12.1. The Balaban J connectivity index is 1.44. The molecule has 3 rings (SSSR count). The van der Waals surface area contributed by atoms with E-state index in [9.17, 15) is 21.6 Å². The van der Waals surface area contributed by atoms with Crippen LogP contribution in [-0.4, -0.2) is 35.3 Å². The number of carbonyl (C=O) groups is 1. The molecule has 1 aliphatic carbocycles. The fourth-order valence-corrected chi connectivity index (χ4v) is 5.06. The van der Waals surface area contributed by atoms with Gasteiger partial charge in [0.1, 0.15) is 0 Å². The van der Waals surface area contributed by atoms with Crippen molar-refractivity contribution >= 4 is 43.2 Å². The van der Waals surface area contributed by atoms with E-state index in [1.165, 1.54) is 42.5 Å². The predicted molar refractivity (Wildman–Crippen MR) is 113 cm³/mol. The van der Waals surface area contributed by atoms with Crippen LogP contribution >= 0.6 is 11.6 Å². The first-order valence-electron chi connectivity index (χ1n) is 9.08. The van der Waals surface area contributed by atoms with Gasteiger partial charge in [-0.05, 0) is 55.3 Å². The molecule has 2 aromatic rings. The summed E-state index contributed by atoms with van der Waals surface area (Å²) in [5.41, 5.74) is 5.56. The molecule has 0 bridgehead atoms. The van der Waals surface area contributed by atoms with Gasteiger partial charge >= 0.3 is 0 Å². The molecular weight excluding hydrogens is 452 g/mol. The SMILES string of the molecule is O=C(CCNS(=O)(=O)c1cccc(Cl)c1)NNc1ccc(S(=O)(=O)NC2CC2)cc1. The van der Waals surface area contributed by atoms with E-state index < -0.39 is 26.0 Å². The lowest BCUT2D eigenvalue weighted by Crippen LogP contribution is -2.33. The zero-order valence-electron chi connectivity index (χ0n) is 15.8. The minimum atomic E-state index is -3.77. The quantitative estimate of drug-likeness (QED) is 0.388. The highest BCUT2D eigenvalue weighted by molar-refractivity contribution is 7.89. The molecule has 9 nitrogen and oxygen atoms in total. The number of nitrogens with one attached hydrogen (secondary N) is 4. The van der Waals surface area contributed by atoms with Crippen molar-refractivity contribution in [3.63, 3.8) is 0 Å². The molecule has 1 saturated carbocycles. The maximum atomic E-state index is 12.2. The number of anilines is 1. The van der Waals surface area contributed by atoms with Gasteiger partial charge < -0.3 is 0 Å². The second-order valence-corrected chi connectivity index (χ2v) is 10.6. The summed E-state index contributed by atoms with van der Waals surface area (Å²) in [6, 6.07) is 11.7. The van der Waals surface area contributed by atoms with Crippen molar-refractivity contribution in [1.29, 1.82) is 0 Å². The zero-order chi connectivity index (χ0) is 21.8. The Morgan fingerprint density at radius 3 is 2.30 bits per heavy atom. The highest BCUT2D eigenvalue weighted by atomic mass is 35.5. The van der Waals surface area contributed by atoms with Crippen LogP contribution in [0.1, 0.15) is 19.3 Å². The molecule has 0 radical (unpaired) electrons. The minimum Gasteiger partial charge on any atom is -0.299 e. The normalized spacial score (nSPS) is 14.3. The molecule has 1 amide bonds. The molecule has 2 aromatic carbocycles. The van der Waals surface area contributed by atoms with Gasteiger partial charge in [-0.1, -0.05) is 17.7 Å². The van der Waals surface area contributed by atoms with E-state index in [1.54, 1.807) is 6.07 Å². The first-order chi connectivity index (χ1) is 14.2. The third-order valence-electron chi connectivity index (χ3n) is 4.16. The molecule has 1 fully saturated rings. The summed E-state index contributed by atoms with van der Waals surface area (Å²) in [6.07, 6.45) is 1.59. The summed E-state index contributed by atoms with van der Waals surface area (Å²) in [7, 11) is -7.30. The van der Waals surface area contributed by atoms with E-state index in [1.807, 2.05) is 0 Å². The molecule has 0 spiro atoms. The standard InChI is InChI=1S/C18H21ClN4O5S2/c19-13-2-1-3-17(12-13)29(25,26)20-11-10-18(24)22-21-14-6-8-16(9-7-14)30(27,28)23-15-4-5-15/h1-3,6-9,12,15,20-21,23H,4-5,10-11H2,(H,22,24). The molecule has 30 heavy (non-hydrogen) atoms. The monoisotopic (exact) mass is 472 g/mol. The maximum absolute atomic E-state index is 12.2. The van der Waals surface area contributed by atoms with Gasteiger partial charge in [-0.15, -0.1) is 0 Å². The lowest BCUT2D eigenvalue weighted by Gasteiger charge is -2.11. The van der Waals surface area contributed by atoms with Crippen LogP contribution in [0.5, 0.6) is 0 Å². The Bertz CT molecular complexity index is 1120. The van der Waals surface area contributed by atoms with Crippen LogP contribution in [0.4, 0.5) is 5.69 Å². The Kier molecular flexibility index (Phi) is 6.98. The van der Waals surface area contributed by atoms with Crippen molar-refractivity contribution in [1.82, 2.24) is 14.9 Å². The van der Waals surface area contributed by atoms with E-state index in [-0.39, 0.29) is 28.8 Å². The smallest absolute Gasteiger partial charge is 0.240 e. The Hall–Kier alpha value is -2.18. The van der Waals surface area contributed by atoms with E-state index in [0.717, 1.165) is 12.8 Å². The first kappa shape index (κ1) is 22.5. The van der Waals surface area contributed by atoms with Crippen LogP contribution in [-0.2, 0) is 24.8 Å². The average molecular weight is 473 g/mol. The molecule has 0 aromatic heterocycles. The number of rotatable bonds is 10. The van der Waals surface area contributed by atoms with Crippen molar-refractivity contribution in [2.75, 3.05) is 12.0 Å². The molecule has 0 aliphatic heterocycles. The molecule has 1 aliphatic rings. The molecule has 0 heterocycles. The molecule has 4 N–H and O–H groups in total. The highest BCUT2D eigenvalue weighted by Gasteiger charge is 2.27. The second kappa shape index (κ2) is 9.31. The fourth-order valence-electron chi connectivity index (χ4n) is 2.43. The van der Waals surface area contributed by atoms with Gasteiger partial charge in [-0.2, -0.15) is 0 Å². The van der Waals surface area contributed by atoms with Gasteiger partial charge in [0.2, 0.25) is 26.0 Å². The number of hydrogen-bond donors (Lipinski definition) is 4. The van der Waals surface area contributed by atoms with Gasteiger partial charge in [0, 0.05) is 24.0 Å². The number of amides is 1. The molecular formula is C18H21ClN4O5S2. The van der Waals surface area contributed by atoms with Crippen LogP contribution in [0.2, 0.25) is 5.02 Å². The molecule has 12 heteroatoms. The molecule has 0 saturated heterocycles. The summed E-state index contributed by atoms with van der Waals surface area (Å²) < 4.78 is 53.5. The maximum Gasteiger partial charge on any atom is 0.240 e. The van der Waals surface area contributed by atoms with Gasteiger partial charge in [0.25, 0.3) is 0 Å². The second-order valence-electron chi connectivity index (χ2n) is 6.70. The molecule has 0 atom stereocenters. The van der Waals surface area contributed by atoms with Crippen LogP contribution in [0.3, 0.4) is 0 Å². The van der Waals surface area contributed by atoms with Crippen molar-refractivity contribution in [3.8, 4) is 0 Å². The minimum absolute atomic E-state index is 0.0137. The van der Waals surface area contributed by atoms with E-state index >= 15 is 0 Å². The largest absolute Gasteiger partial charge is 0.299 e. The van der Waals surface area contributed by atoms with Crippen LogP contribution < -0.4 is 20.3 Å². The lowest BCUT2D eigenvalue weighted by molar-refractivity contribution is -0.120. The van der Waals surface area contributed by atoms with Gasteiger partial charge in [0.15, 0.2) is 0 Å². The fraction of sp³-hybridized carbons (Fsp3) is 0.278. The van der Waals surface area contributed by atoms with E-state index in [4.69, 9.17) is 11.6 Å². The topological polar surface area (TPSA) is 133 Å². The first-order valence-corrected chi connectivity index (χ1v) is 12.4. The van der Waals surface area contributed by atoms with Crippen LogP contribution in [0.15, 0.2) is 58.3 Å². The number of carbonyl (C=O) groups excluding carboxylic acids is 1. The number of sulfonamides is 2. The number of hydrogen-bond acceptors (Lipinski definition) is 6. The Morgan fingerprint density at radius 2 is 1.67 bits per heavy atom. The molecule has 0 unspecified atom stereocenters. The van der Waals surface area contributed by atoms with Crippen molar-refractivity contribution in [3.05, 3.63) is 53.6 Å². The Morgan fingerprint density at radius 1 is 0.967 bits per heavy atom. The highest BCUT2D eigenvalue weighted by Crippen LogP contribution is 2.22. The predicted octanol–water partition coefficient (Wildman–Crippen LogP) is 1.59. The third-order valence-corrected chi connectivity index (χ3v) is 7.39. The summed E-state index contributed by atoms with van der Waals surface area (Å²) in [5, 5.41) is 0.293. The van der Waals surface area contributed by atoms with Gasteiger partial charge in [0.05, 0.1) is 15.5 Å². The van der Waals surface area contributed by atoms with Crippen molar-refractivity contribution < 1.29 is 21.6 Å². The van der Waals surface area contributed by atoms with Crippen molar-refractivity contribution in [2.24, 2.45) is 0 Å². The van der Waals surface area contributed by atoms with E-state index in [2.05, 4.69) is 20.3 Å². The van der Waals surface area contributed by atoms with Crippen LogP contribution in [0.25, 0.3) is 0 Å². The number of benzene rings is 2. The third kappa shape index (κ3) is 6.41. The van der Waals surface area contributed by atoms with Crippen molar-refractivity contribution in [2.45, 2.75) is 35.1 Å². The van der Waals surface area contributed by atoms with Crippen LogP contribution in [0, 0.1) is 0 Å². The Labute approximate surface area is 180 Å². The molecule has 162 valence electrons. The number of hydrazine groups is 1. The lowest BCUT2D eigenvalue weighted by atomic mass is 10.3.